The van der Waals surface area contributed by atoms with Gasteiger partial charge in [0.15, 0.2) is 0 Å². The van der Waals surface area contributed by atoms with Crippen LogP contribution in [0.25, 0.3) is 0 Å². The summed E-state index contributed by atoms with van der Waals surface area (Å²) in [5, 5.41) is 2.69. The monoisotopic (exact) mass is 213 g/mol. The van der Waals surface area contributed by atoms with Gasteiger partial charge in [0.05, 0.1) is 12.6 Å². The van der Waals surface area contributed by atoms with Crippen molar-refractivity contribution in [1.82, 2.24) is 5.32 Å². The molecular weight excluding hydrogens is 198 g/mol. The van der Waals surface area contributed by atoms with Crippen molar-refractivity contribution in [1.29, 1.82) is 0 Å². The SMILES string of the molecule is Cc1ccc(CNC(=O)OC(C)C)s1. The lowest BCUT2D eigenvalue weighted by molar-refractivity contribution is 0.115. The summed E-state index contributed by atoms with van der Waals surface area (Å²) in [5.74, 6) is 0. The first-order valence-corrected chi connectivity index (χ1v) is 5.39. The number of hydrogen-bond acceptors (Lipinski definition) is 3. The number of carbonyl (C=O) groups excluding carboxylic acids is 1. The average Bonchev–Trinajstić information content (AvgIpc) is 2.47. The third kappa shape index (κ3) is 3.79. The molecule has 0 saturated carbocycles. The van der Waals surface area contributed by atoms with Gasteiger partial charge in [0.2, 0.25) is 0 Å². The molecule has 3 nitrogen and oxygen atoms in total. The van der Waals surface area contributed by atoms with E-state index in [1.807, 2.05) is 32.9 Å². The second-order valence-corrected chi connectivity index (χ2v) is 4.69. The normalized spacial score (nSPS) is 10.3. The maximum atomic E-state index is 11.1. The zero-order valence-electron chi connectivity index (χ0n) is 8.66. The van der Waals surface area contributed by atoms with Crippen molar-refractivity contribution in [2.24, 2.45) is 0 Å². The Morgan fingerprint density at radius 2 is 2.29 bits per heavy atom. The Morgan fingerprint density at radius 3 is 2.79 bits per heavy atom. The highest BCUT2D eigenvalue weighted by atomic mass is 32.1. The predicted octanol–water partition coefficient (Wildman–Crippen LogP) is 2.69. The first kappa shape index (κ1) is 11.0. The Labute approximate surface area is 88.1 Å². The predicted molar refractivity (Wildman–Crippen MR) is 57.5 cm³/mol. The van der Waals surface area contributed by atoms with Gasteiger partial charge in [-0.2, -0.15) is 0 Å². The molecule has 1 aromatic rings. The van der Waals surface area contributed by atoms with E-state index < -0.39 is 0 Å². The first-order valence-electron chi connectivity index (χ1n) is 4.57. The van der Waals surface area contributed by atoms with Crippen molar-refractivity contribution in [3.63, 3.8) is 0 Å². The Morgan fingerprint density at radius 1 is 1.57 bits per heavy atom. The fourth-order valence-corrected chi connectivity index (χ4v) is 1.83. The van der Waals surface area contributed by atoms with Crippen LogP contribution in [0, 0.1) is 6.92 Å². The number of thiophene rings is 1. The number of carbonyl (C=O) groups is 1. The topological polar surface area (TPSA) is 38.3 Å². The Hall–Kier alpha value is -1.03. The van der Waals surface area contributed by atoms with Crippen molar-refractivity contribution >= 4 is 17.4 Å². The van der Waals surface area contributed by atoms with Gasteiger partial charge in [0.25, 0.3) is 0 Å². The van der Waals surface area contributed by atoms with Gasteiger partial charge in [0.1, 0.15) is 0 Å². The van der Waals surface area contributed by atoms with Crippen LogP contribution in [-0.4, -0.2) is 12.2 Å². The summed E-state index contributed by atoms with van der Waals surface area (Å²) in [4.78, 5) is 13.5. The van der Waals surface area contributed by atoms with Crippen LogP contribution in [0.5, 0.6) is 0 Å². The molecule has 0 fully saturated rings. The molecule has 1 N–H and O–H groups in total. The minimum absolute atomic E-state index is 0.0694. The molecule has 0 aliphatic carbocycles. The van der Waals surface area contributed by atoms with Crippen LogP contribution >= 0.6 is 11.3 Å². The Bertz CT molecular complexity index is 307. The van der Waals surface area contributed by atoms with Crippen LogP contribution in [0.1, 0.15) is 23.6 Å². The summed E-state index contributed by atoms with van der Waals surface area (Å²) in [6.07, 6.45) is -0.425. The van der Waals surface area contributed by atoms with Crippen molar-refractivity contribution < 1.29 is 9.53 Å². The third-order valence-electron chi connectivity index (χ3n) is 1.55. The highest BCUT2D eigenvalue weighted by Crippen LogP contribution is 2.14. The zero-order chi connectivity index (χ0) is 10.6. The smallest absolute Gasteiger partial charge is 0.407 e. The molecule has 0 bridgehead atoms. The zero-order valence-corrected chi connectivity index (χ0v) is 9.48. The molecular formula is C10H15NO2S. The number of rotatable bonds is 3. The molecule has 0 aliphatic rings. The first-order chi connectivity index (χ1) is 6.58. The highest BCUT2D eigenvalue weighted by molar-refractivity contribution is 7.11. The molecule has 1 aromatic heterocycles. The fourth-order valence-electron chi connectivity index (χ4n) is 0.995. The number of alkyl carbamates (subject to hydrolysis) is 1. The molecule has 0 spiro atoms. The molecule has 78 valence electrons. The minimum atomic E-state index is -0.356. The molecule has 14 heavy (non-hydrogen) atoms. The van der Waals surface area contributed by atoms with E-state index in [0.29, 0.717) is 6.54 Å². The van der Waals surface area contributed by atoms with Gasteiger partial charge >= 0.3 is 6.09 Å². The van der Waals surface area contributed by atoms with Crippen LogP contribution in [0.2, 0.25) is 0 Å². The second kappa shape index (κ2) is 5.00. The van der Waals surface area contributed by atoms with Crippen molar-refractivity contribution in [2.45, 2.75) is 33.4 Å². The van der Waals surface area contributed by atoms with Crippen molar-refractivity contribution in [3.8, 4) is 0 Å². The summed E-state index contributed by atoms with van der Waals surface area (Å²) < 4.78 is 4.93. The van der Waals surface area contributed by atoms with Gasteiger partial charge in [-0.15, -0.1) is 11.3 Å². The van der Waals surface area contributed by atoms with Crippen LogP contribution in [0.4, 0.5) is 4.79 Å². The molecule has 0 aromatic carbocycles. The lowest BCUT2D eigenvalue weighted by atomic mass is 10.4. The van der Waals surface area contributed by atoms with E-state index in [2.05, 4.69) is 5.32 Å². The lowest BCUT2D eigenvalue weighted by Gasteiger charge is -2.08. The highest BCUT2D eigenvalue weighted by Gasteiger charge is 2.04. The lowest BCUT2D eigenvalue weighted by Crippen LogP contribution is -2.25. The van der Waals surface area contributed by atoms with Crippen LogP contribution in [0.3, 0.4) is 0 Å². The van der Waals surface area contributed by atoms with Gasteiger partial charge in [-0.05, 0) is 32.9 Å². The Balaban J connectivity index is 2.30. The van der Waals surface area contributed by atoms with Crippen molar-refractivity contribution in [3.05, 3.63) is 21.9 Å². The van der Waals surface area contributed by atoms with E-state index in [-0.39, 0.29) is 12.2 Å². The van der Waals surface area contributed by atoms with Crippen LogP contribution < -0.4 is 5.32 Å². The molecule has 0 atom stereocenters. The van der Waals surface area contributed by atoms with Gasteiger partial charge in [-0.3, -0.25) is 0 Å². The average molecular weight is 213 g/mol. The largest absolute Gasteiger partial charge is 0.447 e. The van der Waals surface area contributed by atoms with Crippen LogP contribution in [0.15, 0.2) is 12.1 Å². The molecule has 1 rings (SSSR count). The van der Waals surface area contributed by atoms with Gasteiger partial charge in [-0.25, -0.2) is 4.79 Å². The summed E-state index contributed by atoms with van der Waals surface area (Å²) in [6.45, 7) is 6.24. The maximum Gasteiger partial charge on any atom is 0.407 e. The van der Waals surface area contributed by atoms with E-state index in [4.69, 9.17) is 4.74 Å². The molecule has 1 amide bonds. The van der Waals surface area contributed by atoms with Gasteiger partial charge in [0, 0.05) is 9.75 Å². The third-order valence-corrected chi connectivity index (χ3v) is 2.55. The Kier molecular flexibility index (Phi) is 3.95. The molecule has 1 heterocycles. The summed E-state index contributed by atoms with van der Waals surface area (Å²) in [5.41, 5.74) is 0. The van der Waals surface area contributed by atoms with Gasteiger partial charge < -0.3 is 10.1 Å². The maximum absolute atomic E-state index is 11.1. The molecule has 0 radical (unpaired) electrons. The molecule has 0 saturated heterocycles. The number of aryl methyl sites for hydroxylation is 1. The number of nitrogens with one attached hydrogen (secondary N) is 1. The fraction of sp³-hybridized carbons (Fsp3) is 0.500. The molecule has 0 unspecified atom stereocenters. The standard InChI is InChI=1S/C10H15NO2S/c1-7(2)13-10(12)11-6-9-5-4-8(3)14-9/h4-5,7H,6H2,1-3H3,(H,11,12). The van der Waals surface area contributed by atoms with E-state index in [1.54, 1.807) is 11.3 Å². The quantitative estimate of drug-likeness (QED) is 0.838. The van der Waals surface area contributed by atoms with E-state index in [9.17, 15) is 4.79 Å². The molecule has 4 heteroatoms. The second-order valence-electron chi connectivity index (χ2n) is 3.32. The summed E-state index contributed by atoms with van der Waals surface area (Å²) >= 11 is 1.68. The summed E-state index contributed by atoms with van der Waals surface area (Å²) in [6, 6.07) is 4.05. The number of amides is 1. The molecule has 0 aliphatic heterocycles. The van der Waals surface area contributed by atoms with E-state index in [1.165, 1.54) is 4.88 Å². The van der Waals surface area contributed by atoms with Gasteiger partial charge in [-0.1, -0.05) is 0 Å². The van der Waals surface area contributed by atoms with Crippen LogP contribution in [-0.2, 0) is 11.3 Å². The number of hydrogen-bond donors (Lipinski definition) is 1. The minimum Gasteiger partial charge on any atom is -0.447 e. The number of ether oxygens (including phenoxy) is 1. The van der Waals surface area contributed by atoms with E-state index in [0.717, 1.165) is 4.88 Å². The van der Waals surface area contributed by atoms with Crippen molar-refractivity contribution in [2.75, 3.05) is 0 Å². The van der Waals surface area contributed by atoms with E-state index >= 15 is 0 Å². The summed E-state index contributed by atoms with van der Waals surface area (Å²) in [7, 11) is 0.